The van der Waals surface area contributed by atoms with E-state index in [2.05, 4.69) is 40.3 Å². The second-order valence-electron chi connectivity index (χ2n) is 6.30. The summed E-state index contributed by atoms with van der Waals surface area (Å²) in [5, 5.41) is 2.90. The average Bonchev–Trinajstić information content (AvgIpc) is 2.70. The van der Waals surface area contributed by atoms with E-state index in [0.29, 0.717) is 36.0 Å². The predicted octanol–water partition coefficient (Wildman–Crippen LogP) is 5.99. The molecule has 0 radical (unpaired) electrons. The lowest BCUT2D eigenvalue weighted by molar-refractivity contribution is 0.102. The van der Waals surface area contributed by atoms with Gasteiger partial charge in [0.1, 0.15) is 6.61 Å². The molecule has 3 aromatic rings. The van der Waals surface area contributed by atoms with Crippen LogP contribution in [-0.4, -0.2) is 12.5 Å². The highest BCUT2D eigenvalue weighted by Crippen LogP contribution is 2.30. The van der Waals surface area contributed by atoms with Gasteiger partial charge in [-0.15, -0.1) is 0 Å². The van der Waals surface area contributed by atoms with Crippen molar-refractivity contribution in [2.24, 2.45) is 0 Å². The van der Waals surface area contributed by atoms with Crippen molar-refractivity contribution < 1.29 is 14.3 Å². The van der Waals surface area contributed by atoms with Crippen LogP contribution in [-0.2, 0) is 6.61 Å². The van der Waals surface area contributed by atoms with Gasteiger partial charge in [-0.1, -0.05) is 42.0 Å². The van der Waals surface area contributed by atoms with E-state index >= 15 is 0 Å². The molecule has 0 atom stereocenters. The molecule has 0 saturated heterocycles. The number of nitrogens with one attached hydrogen (secondary N) is 1. The van der Waals surface area contributed by atoms with Crippen LogP contribution >= 0.6 is 15.9 Å². The Morgan fingerprint density at radius 1 is 0.964 bits per heavy atom. The Morgan fingerprint density at radius 3 is 2.43 bits per heavy atom. The molecule has 3 rings (SSSR count). The first kappa shape index (κ1) is 20.0. The fraction of sp³-hybridized carbons (Fsp3) is 0.174. The maximum absolute atomic E-state index is 12.6. The van der Waals surface area contributed by atoms with E-state index < -0.39 is 0 Å². The molecule has 3 aromatic carbocycles. The predicted molar refractivity (Wildman–Crippen MR) is 115 cm³/mol. The smallest absolute Gasteiger partial charge is 0.255 e. The Labute approximate surface area is 173 Å². The number of carbonyl (C=O) groups is 1. The zero-order valence-electron chi connectivity index (χ0n) is 15.9. The van der Waals surface area contributed by atoms with Crippen LogP contribution in [0, 0.1) is 6.92 Å². The monoisotopic (exact) mass is 439 g/mol. The van der Waals surface area contributed by atoms with E-state index in [-0.39, 0.29) is 5.91 Å². The summed E-state index contributed by atoms with van der Waals surface area (Å²) in [6, 6.07) is 20.9. The number of rotatable bonds is 7. The van der Waals surface area contributed by atoms with Crippen molar-refractivity contribution in [1.29, 1.82) is 0 Å². The normalized spacial score (nSPS) is 10.4. The molecule has 28 heavy (non-hydrogen) atoms. The lowest BCUT2D eigenvalue weighted by Gasteiger charge is -2.14. The van der Waals surface area contributed by atoms with Crippen LogP contribution in [0.3, 0.4) is 0 Å². The number of hydrogen-bond donors (Lipinski definition) is 1. The van der Waals surface area contributed by atoms with Crippen molar-refractivity contribution in [1.82, 2.24) is 0 Å². The summed E-state index contributed by atoms with van der Waals surface area (Å²) < 4.78 is 12.4. The highest BCUT2D eigenvalue weighted by Gasteiger charge is 2.13. The van der Waals surface area contributed by atoms with Crippen molar-refractivity contribution in [3.63, 3.8) is 0 Å². The number of anilines is 1. The summed E-state index contributed by atoms with van der Waals surface area (Å²) >= 11 is 3.44. The van der Waals surface area contributed by atoms with Gasteiger partial charge in [0.15, 0.2) is 11.5 Å². The van der Waals surface area contributed by atoms with Gasteiger partial charge in [-0.3, -0.25) is 4.79 Å². The van der Waals surface area contributed by atoms with Crippen LogP contribution in [0.2, 0.25) is 0 Å². The molecule has 0 fully saturated rings. The zero-order chi connectivity index (χ0) is 19.9. The summed E-state index contributed by atoms with van der Waals surface area (Å²) in [5.74, 6) is 0.951. The Bertz CT molecular complexity index is 954. The van der Waals surface area contributed by atoms with Crippen LogP contribution in [0.4, 0.5) is 5.69 Å². The first-order chi connectivity index (χ1) is 13.6. The van der Waals surface area contributed by atoms with E-state index in [0.717, 1.165) is 10.0 Å². The number of aryl methyl sites for hydroxylation is 1. The Morgan fingerprint density at radius 2 is 1.71 bits per heavy atom. The molecule has 0 unspecified atom stereocenters. The molecular formula is C23H22BrNO3. The number of carbonyl (C=O) groups excluding carboxylic acids is 1. The van der Waals surface area contributed by atoms with Gasteiger partial charge in [0.25, 0.3) is 5.91 Å². The van der Waals surface area contributed by atoms with Crippen molar-refractivity contribution in [2.45, 2.75) is 20.5 Å². The summed E-state index contributed by atoms with van der Waals surface area (Å²) in [6.07, 6.45) is 0. The van der Waals surface area contributed by atoms with Crippen LogP contribution in [0.25, 0.3) is 0 Å². The maximum atomic E-state index is 12.6. The van der Waals surface area contributed by atoms with Crippen molar-refractivity contribution in [2.75, 3.05) is 11.9 Å². The van der Waals surface area contributed by atoms with Crippen molar-refractivity contribution in [3.05, 3.63) is 87.9 Å². The minimum atomic E-state index is -0.210. The van der Waals surface area contributed by atoms with Crippen LogP contribution in [0.5, 0.6) is 11.5 Å². The summed E-state index contributed by atoms with van der Waals surface area (Å²) in [4.78, 5) is 12.6. The zero-order valence-corrected chi connectivity index (χ0v) is 17.5. The Kier molecular flexibility index (Phi) is 6.71. The SMILES string of the molecule is CCOc1cc(C(=O)Nc2ccccc2Br)ccc1OCc1ccc(C)cc1. The van der Waals surface area contributed by atoms with Gasteiger partial charge in [0.05, 0.1) is 12.3 Å². The molecule has 5 heteroatoms. The second-order valence-corrected chi connectivity index (χ2v) is 7.16. The molecule has 0 saturated carbocycles. The van der Waals surface area contributed by atoms with E-state index in [1.165, 1.54) is 5.56 Å². The van der Waals surface area contributed by atoms with Gasteiger partial charge in [-0.05, 0) is 65.7 Å². The number of para-hydroxylation sites is 1. The minimum absolute atomic E-state index is 0.210. The number of hydrogen-bond acceptors (Lipinski definition) is 3. The van der Waals surface area contributed by atoms with Gasteiger partial charge in [0, 0.05) is 10.0 Å². The molecule has 0 aliphatic carbocycles. The molecule has 0 heterocycles. The van der Waals surface area contributed by atoms with Crippen LogP contribution < -0.4 is 14.8 Å². The first-order valence-corrected chi connectivity index (χ1v) is 9.87. The third-order valence-corrected chi connectivity index (χ3v) is 4.83. The van der Waals surface area contributed by atoms with Crippen LogP contribution in [0.1, 0.15) is 28.4 Å². The number of benzene rings is 3. The Balaban J connectivity index is 1.75. The molecule has 0 spiro atoms. The highest BCUT2D eigenvalue weighted by molar-refractivity contribution is 9.10. The van der Waals surface area contributed by atoms with Gasteiger partial charge in [0.2, 0.25) is 0 Å². The molecule has 144 valence electrons. The number of amides is 1. The van der Waals surface area contributed by atoms with E-state index in [9.17, 15) is 4.79 Å². The lowest BCUT2D eigenvalue weighted by Crippen LogP contribution is -2.12. The molecule has 1 amide bonds. The molecule has 0 aliphatic heterocycles. The topological polar surface area (TPSA) is 47.6 Å². The quantitative estimate of drug-likeness (QED) is 0.491. The third-order valence-electron chi connectivity index (χ3n) is 4.14. The van der Waals surface area contributed by atoms with Gasteiger partial charge in [-0.25, -0.2) is 0 Å². The second kappa shape index (κ2) is 9.42. The summed E-state index contributed by atoms with van der Waals surface area (Å²) in [7, 11) is 0. The standard InChI is InChI=1S/C23H22BrNO3/c1-3-27-22-14-18(23(26)25-20-7-5-4-6-19(20)24)12-13-21(22)28-15-17-10-8-16(2)9-11-17/h4-14H,3,15H2,1-2H3,(H,25,26). The fourth-order valence-electron chi connectivity index (χ4n) is 2.64. The van der Waals surface area contributed by atoms with Gasteiger partial charge >= 0.3 is 0 Å². The van der Waals surface area contributed by atoms with Gasteiger partial charge < -0.3 is 14.8 Å². The van der Waals surface area contributed by atoms with Gasteiger partial charge in [-0.2, -0.15) is 0 Å². The van der Waals surface area contributed by atoms with E-state index in [4.69, 9.17) is 9.47 Å². The Hall–Kier alpha value is -2.79. The average molecular weight is 440 g/mol. The van der Waals surface area contributed by atoms with Crippen LogP contribution in [0.15, 0.2) is 71.2 Å². The molecule has 0 aromatic heterocycles. The summed E-state index contributed by atoms with van der Waals surface area (Å²) in [6.45, 7) is 4.87. The molecule has 1 N–H and O–H groups in total. The molecule has 0 bridgehead atoms. The lowest BCUT2D eigenvalue weighted by atomic mass is 10.1. The van der Waals surface area contributed by atoms with Crippen molar-refractivity contribution >= 4 is 27.5 Å². The van der Waals surface area contributed by atoms with Crippen molar-refractivity contribution in [3.8, 4) is 11.5 Å². The minimum Gasteiger partial charge on any atom is -0.490 e. The highest BCUT2D eigenvalue weighted by atomic mass is 79.9. The molecular weight excluding hydrogens is 418 g/mol. The summed E-state index contributed by atoms with van der Waals surface area (Å²) in [5.41, 5.74) is 3.50. The molecule has 4 nitrogen and oxygen atoms in total. The maximum Gasteiger partial charge on any atom is 0.255 e. The number of ether oxygens (including phenoxy) is 2. The fourth-order valence-corrected chi connectivity index (χ4v) is 3.02. The largest absolute Gasteiger partial charge is 0.490 e. The third kappa shape index (κ3) is 5.14. The first-order valence-electron chi connectivity index (χ1n) is 9.08. The van der Waals surface area contributed by atoms with E-state index in [1.54, 1.807) is 18.2 Å². The van der Waals surface area contributed by atoms with E-state index in [1.807, 2.05) is 43.3 Å². The number of halogens is 1. The molecule has 0 aliphatic rings.